The van der Waals surface area contributed by atoms with Crippen LogP contribution in [0.5, 0.6) is 0 Å². The molecule has 1 fully saturated rings. The van der Waals surface area contributed by atoms with Crippen molar-refractivity contribution in [2.45, 2.75) is 31.0 Å². The number of aliphatic hydroxyl groups excluding tert-OH is 2. The first kappa shape index (κ1) is 15.3. The summed E-state index contributed by atoms with van der Waals surface area (Å²) in [5.74, 6) is 0.650. The van der Waals surface area contributed by atoms with Crippen molar-refractivity contribution in [3.8, 4) is 0 Å². The van der Waals surface area contributed by atoms with Crippen molar-refractivity contribution in [1.29, 1.82) is 0 Å². The minimum atomic E-state index is -1.59. The molecule has 4 atom stereocenters. The molecule has 4 rings (SSSR count). The number of rotatable bonds is 2. The number of aromatic nitrogens is 3. The van der Waals surface area contributed by atoms with Crippen LogP contribution in [0.3, 0.4) is 0 Å². The monoisotopic (exact) mass is 333 g/mol. The van der Waals surface area contributed by atoms with E-state index in [1.54, 1.807) is 10.8 Å². The van der Waals surface area contributed by atoms with Crippen molar-refractivity contribution in [3.05, 3.63) is 24.8 Å². The van der Waals surface area contributed by atoms with Crippen LogP contribution >= 0.6 is 0 Å². The molecule has 2 aliphatic heterocycles. The highest BCUT2D eigenvalue weighted by Crippen LogP contribution is 2.42. The minimum absolute atomic E-state index is 0.392. The van der Waals surface area contributed by atoms with Crippen molar-refractivity contribution >= 4 is 22.5 Å². The molecule has 2 aromatic heterocycles. The highest BCUT2D eigenvalue weighted by Gasteiger charge is 2.53. The van der Waals surface area contributed by atoms with Gasteiger partial charge in [0.25, 0.3) is 0 Å². The lowest BCUT2D eigenvalue weighted by Crippen LogP contribution is -2.44. The summed E-state index contributed by atoms with van der Waals surface area (Å²) in [7, 11) is 0. The molecular formula is C15H19N5O4. The molecule has 9 nitrogen and oxygen atoms in total. The van der Waals surface area contributed by atoms with Crippen LogP contribution < -0.4 is 10.6 Å². The van der Waals surface area contributed by atoms with Gasteiger partial charge in [0.15, 0.2) is 6.23 Å². The fraction of sp³-hybridized carbons (Fsp3) is 0.467. The molecule has 0 unspecified atom stereocenters. The molecule has 4 heterocycles. The van der Waals surface area contributed by atoms with E-state index in [0.717, 1.165) is 16.8 Å². The molecule has 0 amide bonds. The predicted octanol–water partition coefficient (Wildman–Crippen LogP) is -0.216. The molecule has 0 bridgehead atoms. The Labute approximate surface area is 137 Å². The van der Waals surface area contributed by atoms with Gasteiger partial charge in [0.05, 0.1) is 24.2 Å². The maximum Gasteiger partial charge on any atom is 0.167 e. The quantitative estimate of drug-likeness (QED) is 0.511. The Morgan fingerprint density at radius 1 is 1.50 bits per heavy atom. The fourth-order valence-electron chi connectivity index (χ4n) is 3.31. The zero-order valence-corrected chi connectivity index (χ0v) is 13.1. The van der Waals surface area contributed by atoms with Gasteiger partial charge in [-0.2, -0.15) is 0 Å². The molecular weight excluding hydrogens is 314 g/mol. The van der Waals surface area contributed by atoms with Crippen molar-refractivity contribution in [2.24, 2.45) is 0 Å². The summed E-state index contributed by atoms with van der Waals surface area (Å²) in [4.78, 5) is 8.55. The number of aliphatic hydroxyl groups is 3. The molecule has 1 saturated heterocycles. The van der Waals surface area contributed by atoms with Crippen molar-refractivity contribution in [3.63, 3.8) is 0 Å². The molecule has 0 saturated carbocycles. The van der Waals surface area contributed by atoms with Crippen LogP contribution in [0.1, 0.15) is 13.2 Å². The summed E-state index contributed by atoms with van der Waals surface area (Å²) >= 11 is 0. The molecule has 0 aliphatic carbocycles. The molecule has 0 spiro atoms. The van der Waals surface area contributed by atoms with E-state index in [1.807, 2.05) is 0 Å². The van der Waals surface area contributed by atoms with Crippen molar-refractivity contribution in [2.75, 3.05) is 23.8 Å². The lowest BCUT2D eigenvalue weighted by Gasteiger charge is -2.27. The molecule has 2 aromatic rings. The van der Waals surface area contributed by atoms with Gasteiger partial charge in [-0.15, -0.1) is 0 Å². The van der Waals surface area contributed by atoms with Crippen molar-refractivity contribution in [1.82, 2.24) is 14.5 Å². The van der Waals surface area contributed by atoms with Crippen molar-refractivity contribution < 1.29 is 20.1 Å². The van der Waals surface area contributed by atoms with Gasteiger partial charge in [-0.3, -0.25) is 0 Å². The predicted molar refractivity (Wildman–Crippen MR) is 86.4 cm³/mol. The van der Waals surface area contributed by atoms with Crippen LogP contribution in [0.15, 0.2) is 24.8 Å². The Morgan fingerprint density at radius 3 is 3.00 bits per heavy atom. The number of anilines is 2. The van der Waals surface area contributed by atoms with E-state index in [-0.39, 0.29) is 0 Å². The highest BCUT2D eigenvalue weighted by molar-refractivity contribution is 6.00. The lowest BCUT2D eigenvalue weighted by atomic mass is 9.96. The summed E-state index contributed by atoms with van der Waals surface area (Å²) < 4.78 is 7.33. The number of nitrogens with one attached hydrogen (secondary N) is 2. The van der Waals surface area contributed by atoms with E-state index in [2.05, 4.69) is 27.2 Å². The maximum absolute atomic E-state index is 10.7. The van der Waals surface area contributed by atoms with Gasteiger partial charge in [0.1, 0.15) is 35.6 Å². The Hall–Kier alpha value is -2.20. The molecule has 9 heteroatoms. The van der Waals surface area contributed by atoms with Gasteiger partial charge in [0, 0.05) is 11.9 Å². The van der Waals surface area contributed by atoms with Gasteiger partial charge >= 0.3 is 0 Å². The first-order valence-corrected chi connectivity index (χ1v) is 7.64. The van der Waals surface area contributed by atoms with Gasteiger partial charge in [-0.1, -0.05) is 6.58 Å². The Bertz CT molecular complexity index is 818. The van der Waals surface area contributed by atoms with Crippen LogP contribution in [0.25, 0.3) is 11.0 Å². The molecule has 5 N–H and O–H groups in total. The van der Waals surface area contributed by atoms with Crippen LogP contribution in [0, 0.1) is 0 Å². The van der Waals surface area contributed by atoms with Crippen LogP contribution in [0.4, 0.5) is 11.5 Å². The Balaban J connectivity index is 1.88. The topological polar surface area (TPSA) is 125 Å². The van der Waals surface area contributed by atoms with Gasteiger partial charge in [-0.05, 0) is 6.92 Å². The number of nitrogens with zero attached hydrogens (tertiary/aromatic N) is 3. The summed E-state index contributed by atoms with van der Waals surface area (Å²) in [6.45, 7) is 5.55. The van der Waals surface area contributed by atoms with E-state index in [1.165, 1.54) is 13.3 Å². The Morgan fingerprint density at radius 2 is 2.29 bits per heavy atom. The largest absolute Gasteiger partial charge is 0.394 e. The summed E-state index contributed by atoms with van der Waals surface area (Å²) in [5, 5.41) is 37.4. The van der Waals surface area contributed by atoms with E-state index in [4.69, 9.17) is 4.74 Å². The van der Waals surface area contributed by atoms with Crippen LogP contribution in [-0.4, -0.2) is 60.8 Å². The second kappa shape index (κ2) is 5.15. The first-order chi connectivity index (χ1) is 11.4. The third kappa shape index (κ3) is 2.02. The standard InChI is InChI=1S/C15H19N5O4/c1-7-3-16-12-10-8(19-7)4-20(13(10)18-6-17-12)14-15(2,23)11(22)9(5-21)24-14/h4,6,9,11,14,19,21-23H,1,3,5H2,2H3,(H,16,17,18)/t9-,11-,14-,15+/m1/s1. The summed E-state index contributed by atoms with van der Waals surface area (Å²) in [5.41, 5.74) is 0.452. The zero-order chi connectivity index (χ0) is 17.1. The smallest absolute Gasteiger partial charge is 0.167 e. The van der Waals surface area contributed by atoms with E-state index in [9.17, 15) is 15.3 Å². The second-order valence-electron chi connectivity index (χ2n) is 6.33. The van der Waals surface area contributed by atoms with Gasteiger partial charge in [-0.25, -0.2) is 9.97 Å². The third-order valence-electron chi connectivity index (χ3n) is 4.58. The van der Waals surface area contributed by atoms with E-state index >= 15 is 0 Å². The van der Waals surface area contributed by atoms with Gasteiger partial charge < -0.3 is 35.3 Å². The second-order valence-corrected chi connectivity index (χ2v) is 6.33. The normalized spacial score (nSPS) is 32.5. The SMILES string of the molecule is C=C1CNc2ncnc3c2c(cn3[C@@H]2O[C@H](CO)[C@@H](O)[C@]2(C)O)N1. The van der Waals surface area contributed by atoms with E-state index < -0.39 is 30.6 Å². The van der Waals surface area contributed by atoms with Crippen LogP contribution in [0.2, 0.25) is 0 Å². The molecule has 24 heavy (non-hydrogen) atoms. The molecule has 2 aliphatic rings. The third-order valence-corrected chi connectivity index (χ3v) is 4.58. The van der Waals surface area contributed by atoms with E-state index in [0.29, 0.717) is 18.0 Å². The first-order valence-electron chi connectivity index (χ1n) is 7.64. The number of hydrogen-bond donors (Lipinski definition) is 5. The molecule has 128 valence electrons. The lowest BCUT2D eigenvalue weighted by molar-refractivity contribution is -0.0947. The van der Waals surface area contributed by atoms with Crippen LogP contribution in [-0.2, 0) is 4.74 Å². The molecule has 0 radical (unpaired) electrons. The van der Waals surface area contributed by atoms with Gasteiger partial charge in [0.2, 0.25) is 0 Å². The summed E-state index contributed by atoms with van der Waals surface area (Å²) in [6, 6.07) is 0. The zero-order valence-electron chi connectivity index (χ0n) is 13.1. The minimum Gasteiger partial charge on any atom is -0.394 e. The number of ether oxygens (including phenoxy) is 1. The highest BCUT2D eigenvalue weighted by atomic mass is 16.6. The Kier molecular flexibility index (Phi) is 3.29. The average Bonchev–Trinajstić information content (AvgIpc) is 2.95. The molecule has 0 aromatic carbocycles. The maximum atomic E-state index is 10.7. The summed E-state index contributed by atoms with van der Waals surface area (Å²) in [6.07, 6.45) is 0.165. The average molecular weight is 333 g/mol. The number of hydrogen-bond acceptors (Lipinski definition) is 8. The fourth-order valence-corrected chi connectivity index (χ4v) is 3.31.